The molecule has 9 nitrogen and oxygen atoms in total. The Kier molecular flexibility index (Phi) is 7.54. The summed E-state index contributed by atoms with van der Waals surface area (Å²) in [5.41, 5.74) is 5.43. The van der Waals surface area contributed by atoms with Crippen LogP contribution in [0.1, 0.15) is 34.8 Å². The van der Waals surface area contributed by atoms with E-state index < -0.39 is 0 Å². The van der Waals surface area contributed by atoms with Crippen LogP contribution < -0.4 is 19.7 Å². The number of hydrogen-bond donors (Lipinski definition) is 1. The van der Waals surface area contributed by atoms with Gasteiger partial charge in [0, 0.05) is 24.3 Å². The fraction of sp³-hybridized carbons (Fsp3) is 0.303. The van der Waals surface area contributed by atoms with Gasteiger partial charge in [-0.1, -0.05) is 54.1 Å². The van der Waals surface area contributed by atoms with Gasteiger partial charge in [0.2, 0.25) is 18.6 Å². The van der Waals surface area contributed by atoms with E-state index in [4.69, 9.17) is 19.3 Å². The van der Waals surface area contributed by atoms with Gasteiger partial charge in [0.25, 0.3) is 0 Å². The number of ether oxygens (including phenoxy) is 3. The first-order chi connectivity index (χ1) is 21.0. The number of rotatable bonds is 7. The average Bonchev–Trinajstić information content (AvgIpc) is 3.79. The van der Waals surface area contributed by atoms with Crippen LogP contribution in [0.2, 0.25) is 0 Å². The van der Waals surface area contributed by atoms with E-state index in [9.17, 15) is 9.59 Å². The van der Waals surface area contributed by atoms with Crippen molar-refractivity contribution in [2.45, 2.75) is 31.1 Å². The number of hydrogen-bond acceptors (Lipinski definition) is 7. The van der Waals surface area contributed by atoms with Gasteiger partial charge in [0.05, 0.1) is 28.5 Å². The predicted molar refractivity (Wildman–Crippen MR) is 165 cm³/mol. The molecule has 1 aromatic heterocycles. The first-order valence-corrected chi connectivity index (χ1v) is 15.6. The molecule has 2 atom stereocenters. The number of carbonyl (C=O) groups excluding carboxylic acids is 2. The molecule has 1 fully saturated rings. The van der Waals surface area contributed by atoms with Gasteiger partial charge in [0.15, 0.2) is 11.5 Å². The van der Waals surface area contributed by atoms with E-state index in [1.54, 1.807) is 4.90 Å². The fourth-order valence-corrected chi connectivity index (χ4v) is 6.95. The number of nitrogens with zero attached hydrogens (tertiary/aromatic N) is 3. The second-order valence-corrected chi connectivity index (χ2v) is 12.0. The number of nitrogens with one attached hydrogen (secondary N) is 1. The lowest BCUT2D eigenvalue weighted by Gasteiger charge is -2.23. The Labute approximate surface area is 254 Å². The topological polar surface area (TPSA) is 94.9 Å². The average molecular weight is 597 g/mol. The number of benzene rings is 3. The van der Waals surface area contributed by atoms with E-state index in [-0.39, 0.29) is 42.3 Å². The first kappa shape index (κ1) is 27.5. The molecule has 4 heterocycles. The maximum Gasteiger partial charge on any atom is 0.240 e. The minimum Gasteiger partial charge on any atom is -0.454 e. The second-order valence-electron chi connectivity index (χ2n) is 10.9. The lowest BCUT2D eigenvalue weighted by Crippen LogP contribution is -2.44. The van der Waals surface area contributed by atoms with Crippen molar-refractivity contribution in [3.8, 4) is 28.4 Å². The summed E-state index contributed by atoms with van der Waals surface area (Å²) in [7, 11) is 0. The van der Waals surface area contributed by atoms with E-state index in [1.807, 2.05) is 84.4 Å². The first-order valence-electron chi connectivity index (χ1n) is 14.5. The molecule has 43 heavy (non-hydrogen) atoms. The zero-order valence-corrected chi connectivity index (χ0v) is 24.6. The maximum absolute atomic E-state index is 13.9. The van der Waals surface area contributed by atoms with Gasteiger partial charge in [-0.2, -0.15) is 5.10 Å². The van der Waals surface area contributed by atoms with Gasteiger partial charge in [0.1, 0.15) is 12.4 Å². The number of amides is 2. The molecule has 3 aliphatic rings. The van der Waals surface area contributed by atoms with Gasteiger partial charge < -0.3 is 19.5 Å². The minimum absolute atomic E-state index is 0.00746. The summed E-state index contributed by atoms with van der Waals surface area (Å²) in [6, 6.07) is 23.9. The lowest BCUT2D eigenvalue weighted by atomic mass is 9.99. The molecule has 7 rings (SSSR count). The number of carbonyl (C=O) groups is 2. The van der Waals surface area contributed by atoms with E-state index in [0.717, 1.165) is 46.5 Å². The van der Waals surface area contributed by atoms with E-state index in [0.29, 0.717) is 30.5 Å². The highest BCUT2D eigenvalue weighted by atomic mass is 32.2. The molecule has 0 bridgehead atoms. The van der Waals surface area contributed by atoms with Gasteiger partial charge >= 0.3 is 0 Å². The summed E-state index contributed by atoms with van der Waals surface area (Å²) in [5, 5.41) is 7.89. The van der Waals surface area contributed by atoms with Crippen LogP contribution in [-0.4, -0.2) is 59.9 Å². The van der Waals surface area contributed by atoms with Crippen LogP contribution in [-0.2, 0) is 14.3 Å². The summed E-state index contributed by atoms with van der Waals surface area (Å²) in [5.74, 6) is 1.76. The third kappa shape index (κ3) is 5.48. The molecule has 2 amide bonds. The van der Waals surface area contributed by atoms with Crippen molar-refractivity contribution in [3.05, 3.63) is 89.5 Å². The Morgan fingerprint density at radius 1 is 1.05 bits per heavy atom. The zero-order valence-electron chi connectivity index (χ0n) is 23.8. The Morgan fingerprint density at radius 3 is 2.65 bits per heavy atom. The SMILES string of the molecule is Cc1ccc(-n2nc(-c3ccccc3)c3c2N(CC(=O)NC[C@H]2CCCO2)C(=O)CS[C@@H]3c2ccc3c(c2)OCO3)cc1. The normalized spacial score (nSPS) is 19.3. The number of anilines is 1. The number of aromatic nitrogens is 2. The maximum atomic E-state index is 13.9. The van der Waals surface area contributed by atoms with E-state index in [2.05, 4.69) is 5.32 Å². The van der Waals surface area contributed by atoms with E-state index in [1.165, 1.54) is 11.8 Å². The van der Waals surface area contributed by atoms with Crippen LogP contribution >= 0.6 is 11.8 Å². The standard InChI is InChI=1S/C33H32N4O5S/c1-21-9-12-24(13-10-21)37-33-30(31(35-37)22-6-3-2-4-7-22)32(23-11-14-26-27(16-23)42-20-41-26)43-19-29(39)36(33)18-28(38)34-17-25-8-5-15-40-25/h2-4,6-7,9-14,16,25,32H,5,8,15,17-20H2,1H3,(H,34,38)/t25-,32-/m1/s1. The molecule has 0 saturated carbocycles. The molecule has 0 aliphatic carbocycles. The Bertz CT molecular complexity index is 1650. The smallest absolute Gasteiger partial charge is 0.240 e. The Balaban J connectivity index is 1.38. The zero-order chi connectivity index (χ0) is 29.3. The molecule has 4 aromatic rings. The monoisotopic (exact) mass is 596 g/mol. The highest BCUT2D eigenvalue weighted by molar-refractivity contribution is 8.00. The molecule has 220 valence electrons. The summed E-state index contributed by atoms with van der Waals surface area (Å²) >= 11 is 1.53. The highest BCUT2D eigenvalue weighted by Gasteiger charge is 2.38. The molecule has 1 saturated heterocycles. The minimum atomic E-state index is -0.261. The highest BCUT2D eigenvalue weighted by Crippen LogP contribution is 2.50. The molecule has 0 radical (unpaired) electrons. The molecule has 0 unspecified atom stereocenters. The van der Waals surface area contributed by atoms with Crippen molar-refractivity contribution < 1.29 is 23.8 Å². The van der Waals surface area contributed by atoms with Crippen LogP contribution in [0.3, 0.4) is 0 Å². The van der Waals surface area contributed by atoms with Crippen molar-refractivity contribution in [2.75, 3.05) is 37.1 Å². The number of fused-ring (bicyclic) bond motifs is 2. The fourth-order valence-electron chi connectivity index (χ4n) is 5.77. The second kappa shape index (κ2) is 11.8. The lowest BCUT2D eigenvalue weighted by molar-refractivity contribution is -0.123. The summed E-state index contributed by atoms with van der Waals surface area (Å²) in [6.45, 7) is 3.22. The van der Waals surface area contributed by atoms with Gasteiger partial charge in [-0.15, -0.1) is 11.8 Å². The van der Waals surface area contributed by atoms with Crippen LogP contribution in [0, 0.1) is 6.92 Å². The summed E-state index contributed by atoms with van der Waals surface area (Å²) < 4.78 is 18.8. The third-order valence-electron chi connectivity index (χ3n) is 7.97. The van der Waals surface area contributed by atoms with Gasteiger partial charge in [-0.05, 0) is 49.6 Å². The molecule has 3 aromatic carbocycles. The molecule has 10 heteroatoms. The van der Waals surface area contributed by atoms with Crippen molar-refractivity contribution in [1.82, 2.24) is 15.1 Å². The van der Waals surface area contributed by atoms with Crippen LogP contribution in [0.25, 0.3) is 16.9 Å². The van der Waals surface area contributed by atoms with Crippen molar-refractivity contribution >= 4 is 29.4 Å². The predicted octanol–water partition coefficient (Wildman–Crippen LogP) is 5.04. The third-order valence-corrected chi connectivity index (χ3v) is 9.22. The van der Waals surface area contributed by atoms with E-state index >= 15 is 0 Å². The van der Waals surface area contributed by atoms with Crippen LogP contribution in [0.15, 0.2) is 72.8 Å². The van der Waals surface area contributed by atoms with Crippen molar-refractivity contribution in [2.24, 2.45) is 0 Å². The van der Waals surface area contributed by atoms with Crippen molar-refractivity contribution in [1.29, 1.82) is 0 Å². The summed E-state index contributed by atoms with van der Waals surface area (Å²) in [6.07, 6.45) is 1.92. The molecular weight excluding hydrogens is 564 g/mol. The summed E-state index contributed by atoms with van der Waals surface area (Å²) in [4.78, 5) is 28.9. The molecule has 3 aliphatic heterocycles. The van der Waals surface area contributed by atoms with Crippen LogP contribution in [0.5, 0.6) is 11.5 Å². The molecule has 1 N–H and O–H groups in total. The molecular formula is C33H32N4O5S. The Morgan fingerprint density at radius 2 is 1.86 bits per heavy atom. The quantitative estimate of drug-likeness (QED) is 0.319. The Hall–Kier alpha value is -4.28. The number of thioether (sulfide) groups is 1. The number of aryl methyl sites for hydroxylation is 1. The van der Waals surface area contributed by atoms with Gasteiger partial charge in [-0.3, -0.25) is 14.5 Å². The van der Waals surface area contributed by atoms with Gasteiger partial charge in [-0.25, -0.2) is 4.68 Å². The molecule has 0 spiro atoms. The largest absolute Gasteiger partial charge is 0.454 e. The van der Waals surface area contributed by atoms with Crippen molar-refractivity contribution in [3.63, 3.8) is 0 Å². The van der Waals surface area contributed by atoms with Crippen LogP contribution in [0.4, 0.5) is 5.82 Å².